The van der Waals surface area contributed by atoms with Crippen LogP contribution < -0.4 is 5.32 Å². The largest absolute Gasteiger partial charge is 0.342 e. The molecule has 2 rings (SSSR count). The highest BCUT2D eigenvalue weighted by Crippen LogP contribution is 2.12. The first-order chi connectivity index (χ1) is 10.1. The number of rotatable bonds is 6. The van der Waals surface area contributed by atoms with E-state index in [9.17, 15) is 9.59 Å². The minimum absolute atomic E-state index is 0.0437. The van der Waals surface area contributed by atoms with Gasteiger partial charge in [-0.25, -0.2) is 0 Å². The number of carbonyl (C=O) groups excluding carboxylic acids is 2. The highest BCUT2D eigenvalue weighted by molar-refractivity contribution is 5.95. The van der Waals surface area contributed by atoms with Crippen molar-refractivity contribution >= 4 is 11.8 Å². The third-order valence-corrected chi connectivity index (χ3v) is 3.77. The predicted octanol–water partition coefficient (Wildman–Crippen LogP) is 1.99. The first kappa shape index (κ1) is 15.5. The smallest absolute Gasteiger partial charge is 0.245 e. The van der Waals surface area contributed by atoms with Crippen LogP contribution in [0.3, 0.4) is 0 Å². The van der Waals surface area contributed by atoms with Gasteiger partial charge in [0.25, 0.3) is 0 Å². The highest BCUT2D eigenvalue weighted by Gasteiger charge is 2.32. The predicted molar refractivity (Wildman–Crippen MR) is 82.7 cm³/mol. The van der Waals surface area contributed by atoms with Crippen LogP contribution in [0.15, 0.2) is 30.3 Å². The molecule has 1 aromatic carbocycles. The van der Waals surface area contributed by atoms with Gasteiger partial charge in [0.1, 0.15) is 6.04 Å². The average Bonchev–Trinajstić information content (AvgIpc) is 2.44. The van der Waals surface area contributed by atoms with Crippen LogP contribution in [0.25, 0.3) is 0 Å². The Morgan fingerprint density at radius 1 is 1.24 bits per heavy atom. The summed E-state index contributed by atoms with van der Waals surface area (Å²) in [5.41, 5.74) is 1.07. The minimum Gasteiger partial charge on any atom is -0.342 e. The van der Waals surface area contributed by atoms with Crippen LogP contribution in [0, 0.1) is 5.92 Å². The van der Waals surface area contributed by atoms with Crippen molar-refractivity contribution in [1.29, 1.82) is 0 Å². The summed E-state index contributed by atoms with van der Waals surface area (Å²) in [6.45, 7) is 5.21. The molecule has 1 unspecified atom stereocenters. The molecule has 21 heavy (non-hydrogen) atoms. The molecule has 4 heteroatoms. The molecule has 2 amide bonds. The zero-order valence-electron chi connectivity index (χ0n) is 12.8. The second kappa shape index (κ2) is 7.25. The lowest BCUT2D eigenvalue weighted by Gasteiger charge is -2.32. The van der Waals surface area contributed by atoms with Crippen molar-refractivity contribution in [2.75, 3.05) is 13.1 Å². The van der Waals surface area contributed by atoms with Crippen LogP contribution >= 0.6 is 0 Å². The normalized spacial score (nSPS) is 19.0. The van der Waals surface area contributed by atoms with Gasteiger partial charge in [-0.2, -0.15) is 0 Å². The van der Waals surface area contributed by atoms with Gasteiger partial charge in [0.05, 0.1) is 6.54 Å². The lowest BCUT2D eigenvalue weighted by molar-refractivity contribution is -0.144. The van der Waals surface area contributed by atoms with E-state index in [0.717, 1.165) is 18.4 Å². The molecular formula is C17H24N2O2. The maximum atomic E-state index is 12.5. The number of nitrogens with zero attached hydrogens (tertiary/aromatic N) is 1. The highest BCUT2D eigenvalue weighted by atomic mass is 16.2. The van der Waals surface area contributed by atoms with Gasteiger partial charge in [-0.3, -0.25) is 9.59 Å². The Bertz CT molecular complexity index is 485. The van der Waals surface area contributed by atoms with Gasteiger partial charge in [-0.05, 0) is 24.3 Å². The Morgan fingerprint density at radius 2 is 1.95 bits per heavy atom. The third-order valence-electron chi connectivity index (χ3n) is 3.77. The summed E-state index contributed by atoms with van der Waals surface area (Å²) in [6.07, 6.45) is 2.59. The van der Waals surface area contributed by atoms with Crippen LogP contribution in [0.5, 0.6) is 0 Å². The molecule has 114 valence electrons. The number of amides is 2. The van der Waals surface area contributed by atoms with E-state index in [1.807, 2.05) is 30.3 Å². The monoisotopic (exact) mass is 288 g/mol. The van der Waals surface area contributed by atoms with Gasteiger partial charge in [-0.1, -0.05) is 44.2 Å². The number of benzene rings is 1. The fourth-order valence-corrected chi connectivity index (χ4v) is 2.64. The van der Waals surface area contributed by atoms with Crippen molar-refractivity contribution in [3.05, 3.63) is 35.9 Å². The maximum absolute atomic E-state index is 12.5. The average molecular weight is 288 g/mol. The van der Waals surface area contributed by atoms with E-state index in [-0.39, 0.29) is 18.4 Å². The van der Waals surface area contributed by atoms with E-state index < -0.39 is 6.04 Å². The Kier molecular flexibility index (Phi) is 5.37. The van der Waals surface area contributed by atoms with E-state index in [1.165, 1.54) is 0 Å². The maximum Gasteiger partial charge on any atom is 0.245 e. The van der Waals surface area contributed by atoms with Crippen LogP contribution in [0.2, 0.25) is 0 Å². The molecule has 0 saturated carbocycles. The summed E-state index contributed by atoms with van der Waals surface area (Å²) in [5.74, 6) is 0.612. The quantitative estimate of drug-likeness (QED) is 0.870. The summed E-state index contributed by atoms with van der Waals surface area (Å²) >= 11 is 0. The SMILES string of the molecule is CC(C)CCCN1CC(=O)NC(Cc2ccccc2)C1=O. The van der Waals surface area contributed by atoms with Gasteiger partial charge < -0.3 is 10.2 Å². The van der Waals surface area contributed by atoms with Crippen molar-refractivity contribution in [3.8, 4) is 0 Å². The third kappa shape index (κ3) is 4.59. The van der Waals surface area contributed by atoms with E-state index in [0.29, 0.717) is 18.9 Å². The van der Waals surface area contributed by atoms with Crippen LogP contribution in [-0.2, 0) is 16.0 Å². The Morgan fingerprint density at radius 3 is 2.62 bits per heavy atom. The summed E-state index contributed by atoms with van der Waals surface area (Å²) < 4.78 is 0. The van der Waals surface area contributed by atoms with E-state index >= 15 is 0 Å². The van der Waals surface area contributed by atoms with Crippen molar-refractivity contribution in [1.82, 2.24) is 10.2 Å². The molecule has 0 bridgehead atoms. The molecular weight excluding hydrogens is 264 g/mol. The van der Waals surface area contributed by atoms with Crippen LogP contribution in [0.4, 0.5) is 0 Å². The fraction of sp³-hybridized carbons (Fsp3) is 0.529. The van der Waals surface area contributed by atoms with Crippen molar-refractivity contribution in [2.24, 2.45) is 5.92 Å². The first-order valence-electron chi connectivity index (χ1n) is 7.68. The topological polar surface area (TPSA) is 49.4 Å². The van der Waals surface area contributed by atoms with Crippen molar-refractivity contribution < 1.29 is 9.59 Å². The molecule has 0 radical (unpaired) electrons. The summed E-state index contributed by atoms with van der Waals surface area (Å²) in [7, 11) is 0. The Balaban J connectivity index is 1.95. The number of hydrogen-bond donors (Lipinski definition) is 1. The van der Waals surface area contributed by atoms with Gasteiger partial charge >= 0.3 is 0 Å². The number of piperazine rings is 1. The van der Waals surface area contributed by atoms with Crippen molar-refractivity contribution in [2.45, 2.75) is 39.2 Å². The number of hydrogen-bond acceptors (Lipinski definition) is 2. The molecule has 0 spiro atoms. The minimum atomic E-state index is -0.423. The molecule has 1 fully saturated rings. The number of nitrogens with one attached hydrogen (secondary N) is 1. The molecule has 1 heterocycles. The Hall–Kier alpha value is -1.84. The molecule has 4 nitrogen and oxygen atoms in total. The zero-order chi connectivity index (χ0) is 15.2. The van der Waals surface area contributed by atoms with E-state index in [2.05, 4.69) is 19.2 Å². The molecule has 0 aromatic heterocycles. The lowest BCUT2D eigenvalue weighted by atomic mass is 10.0. The molecule has 1 aliphatic heterocycles. The zero-order valence-corrected chi connectivity index (χ0v) is 12.8. The van der Waals surface area contributed by atoms with Crippen LogP contribution in [-0.4, -0.2) is 35.8 Å². The molecule has 1 atom stereocenters. The van der Waals surface area contributed by atoms with Gasteiger partial charge in [0, 0.05) is 13.0 Å². The van der Waals surface area contributed by atoms with Gasteiger partial charge in [0.2, 0.25) is 11.8 Å². The van der Waals surface area contributed by atoms with Gasteiger partial charge in [0.15, 0.2) is 0 Å². The lowest BCUT2D eigenvalue weighted by Crippen LogP contribution is -2.58. The Labute approximate surface area is 126 Å². The summed E-state index contributed by atoms with van der Waals surface area (Å²) in [5, 5.41) is 2.81. The molecule has 1 aliphatic rings. The van der Waals surface area contributed by atoms with E-state index in [4.69, 9.17) is 0 Å². The molecule has 1 saturated heterocycles. The van der Waals surface area contributed by atoms with Crippen LogP contribution in [0.1, 0.15) is 32.3 Å². The summed E-state index contributed by atoms with van der Waals surface area (Å²) in [4.78, 5) is 26.0. The fourth-order valence-electron chi connectivity index (χ4n) is 2.64. The summed E-state index contributed by atoms with van der Waals surface area (Å²) in [6, 6.07) is 9.39. The van der Waals surface area contributed by atoms with E-state index in [1.54, 1.807) is 4.90 Å². The molecule has 1 N–H and O–H groups in total. The second-order valence-corrected chi connectivity index (χ2v) is 6.11. The van der Waals surface area contributed by atoms with Gasteiger partial charge in [-0.15, -0.1) is 0 Å². The second-order valence-electron chi connectivity index (χ2n) is 6.11. The first-order valence-corrected chi connectivity index (χ1v) is 7.68. The molecule has 1 aromatic rings. The van der Waals surface area contributed by atoms with Crippen molar-refractivity contribution in [3.63, 3.8) is 0 Å². The molecule has 0 aliphatic carbocycles. The standard InChI is InChI=1S/C17H24N2O2/c1-13(2)7-6-10-19-12-16(20)18-15(17(19)21)11-14-8-4-3-5-9-14/h3-5,8-9,13,15H,6-7,10-12H2,1-2H3,(H,18,20). The number of carbonyl (C=O) groups is 2.